The number of benzene rings is 2. The van der Waals surface area contributed by atoms with Gasteiger partial charge in [0.1, 0.15) is 0 Å². The average Bonchev–Trinajstić information content (AvgIpc) is 2.97. The first kappa shape index (κ1) is 16.0. The molecule has 4 rings (SSSR count). The molecule has 0 aliphatic heterocycles. The molecule has 26 heavy (non-hydrogen) atoms. The maximum atomic E-state index is 6.00. The van der Waals surface area contributed by atoms with Gasteiger partial charge < -0.3 is 5.73 Å². The Bertz CT molecular complexity index is 1050. The molecule has 2 heterocycles. The molecule has 0 saturated heterocycles. The highest BCUT2D eigenvalue weighted by Gasteiger charge is 2.17. The molecule has 2 aromatic heterocycles. The molecule has 0 amide bonds. The Morgan fingerprint density at radius 3 is 2.12 bits per heavy atom. The number of nitrogens with two attached hydrogens (primary N) is 1. The zero-order chi connectivity index (χ0) is 18.1. The number of para-hydroxylation sites is 1. The molecule has 0 saturated carbocycles. The molecular weight excluding hydrogens is 322 g/mol. The van der Waals surface area contributed by atoms with E-state index >= 15 is 0 Å². The second kappa shape index (κ2) is 6.44. The van der Waals surface area contributed by atoms with Gasteiger partial charge in [-0.1, -0.05) is 48.5 Å². The molecule has 0 aliphatic rings. The van der Waals surface area contributed by atoms with E-state index in [-0.39, 0.29) is 5.95 Å². The largest absolute Gasteiger partial charge is 0.368 e. The smallest absolute Gasteiger partial charge is 0.221 e. The lowest BCUT2D eigenvalue weighted by molar-refractivity contribution is 0.834. The molecule has 0 fully saturated rings. The predicted octanol–water partition coefficient (Wildman–Crippen LogP) is 4.20. The Morgan fingerprint density at radius 1 is 0.808 bits per heavy atom. The molecule has 0 radical (unpaired) electrons. The summed E-state index contributed by atoms with van der Waals surface area (Å²) in [5.41, 5.74) is 12.5. The van der Waals surface area contributed by atoms with Crippen LogP contribution in [0.15, 0.2) is 66.7 Å². The van der Waals surface area contributed by atoms with E-state index in [0.29, 0.717) is 0 Å². The van der Waals surface area contributed by atoms with Gasteiger partial charge in [0, 0.05) is 11.1 Å². The Hall–Kier alpha value is -3.47. The summed E-state index contributed by atoms with van der Waals surface area (Å²) in [6, 6.07) is 22.0. The average molecular weight is 341 g/mol. The Morgan fingerprint density at radius 2 is 1.42 bits per heavy atom. The lowest BCUT2D eigenvalue weighted by Crippen LogP contribution is -2.00. The summed E-state index contributed by atoms with van der Waals surface area (Å²) in [5, 5.41) is 4.70. The zero-order valence-corrected chi connectivity index (χ0v) is 14.7. The van der Waals surface area contributed by atoms with Crippen molar-refractivity contribution in [3.8, 4) is 28.2 Å². The SMILES string of the molecule is Cc1nn(-c2ccccc2)c(C)c1-c1cc(-c2ccccc2)nc(N)n1. The predicted molar refractivity (Wildman–Crippen MR) is 104 cm³/mol. The van der Waals surface area contributed by atoms with Gasteiger partial charge in [-0.25, -0.2) is 14.6 Å². The van der Waals surface area contributed by atoms with Gasteiger partial charge in [-0.05, 0) is 32.0 Å². The third-order valence-electron chi connectivity index (χ3n) is 4.36. The van der Waals surface area contributed by atoms with Gasteiger partial charge >= 0.3 is 0 Å². The van der Waals surface area contributed by atoms with E-state index in [0.717, 1.165) is 39.6 Å². The van der Waals surface area contributed by atoms with Crippen LogP contribution in [0.5, 0.6) is 0 Å². The summed E-state index contributed by atoms with van der Waals surface area (Å²) < 4.78 is 1.94. The summed E-state index contributed by atoms with van der Waals surface area (Å²) in [5.74, 6) is 0.257. The molecule has 0 aliphatic carbocycles. The van der Waals surface area contributed by atoms with Crippen molar-refractivity contribution in [3.05, 3.63) is 78.1 Å². The molecule has 4 aromatic rings. The monoisotopic (exact) mass is 341 g/mol. The summed E-state index contributed by atoms with van der Waals surface area (Å²) in [7, 11) is 0. The van der Waals surface area contributed by atoms with Gasteiger partial charge in [0.25, 0.3) is 0 Å². The van der Waals surface area contributed by atoms with Crippen molar-refractivity contribution in [2.75, 3.05) is 5.73 Å². The molecule has 0 bridgehead atoms. The number of hydrogen-bond acceptors (Lipinski definition) is 4. The number of nitrogens with zero attached hydrogens (tertiary/aromatic N) is 4. The highest BCUT2D eigenvalue weighted by Crippen LogP contribution is 2.30. The van der Waals surface area contributed by atoms with E-state index in [1.807, 2.05) is 85.3 Å². The number of aromatic nitrogens is 4. The van der Waals surface area contributed by atoms with Gasteiger partial charge in [-0.15, -0.1) is 0 Å². The molecule has 0 spiro atoms. The molecule has 5 nitrogen and oxygen atoms in total. The maximum Gasteiger partial charge on any atom is 0.221 e. The van der Waals surface area contributed by atoms with Crippen LogP contribution in [0.4, 0.5) is 5.95 Å². The second-order valence-corrected chi connectivity index (χ2v) is 6.16. The number of aryl methyl sites for hydroxylation is 1. The van der Waals surface area contributed by atoms with Crippen LogP contribution in [0.3, 0.4) is 0 Å². The van der Waals surface area contributed by atoms with Gasteiger partial charge in [-0.3, -0.25) is 0 Å². The van der Waals surface area contributed by atoms with Gasteiger partial charge in [0.2, 0.25) is 5.95 Å². The molecule has 2 N–H and O–H groups in total. The van der Waals surface area contributed by atoms with Crippen molar-refractivity contribution in [1.29, 1.82) is 0 Å². The lowest BCUT2D eigenvalue weighted by atomic mass is 10.1. The molecular formula is C21H19N5. The quantitative estimate of drug-likeness (QED) is 0.606. The third kappa shape index (κ3) is 2.84. The van der Waals surface area contributed by atoms with Crippen LogP contribution in [0, 0.1) is 13.8 Å². The number of hydrogen-bond donors (Lipinski definition) is 1. The van der Waals surface area contributed by atoms with Gasteiger partial charge in [0.15, 0.2) is 0 Å². The van der Waals surface area contributed by atoms with E-state index < -0.39 is 0 Å². The van der Waals surface area contributed by atoms with Crippen LogP contribution in [0.2, 0.25) is 0 Å². The van der Waals surface area contributed by atoms with Crippen molar-refractivity contribution in [2.24, 2.45) is 0 Å². The minimum absolute atomic E-state index is 0.257. The third-order valence-corrected chi connectivity index (χ3v) is 4.36. The van der Waals surface area contributed by atoms with Crippen LogP contribution in [-0.4, -0.2) is 19.7 Å². The normalized spacial score (nSPS) is 10.8. The van der Waals surface area contributed by atoms with Crippen LogP contribution in [0.1, 0.15) is 11.4 Å². The van der Waals surface area contributed by atoms with Gasteiger partial charge in [0.05, 0.1) is 28.5 Å². The molecule has 0 unspecified atom stereocenters. The standard InChI is InChI=1S/C21H19N5/c1-14-20(15(2)26(25-14)17-11-7-4-8-12-17)19-13-18(23-21(22)24-19)16-9-5-3-6-10-16/h3-13H,1-2H3,(H2,22,23,24). The maximum absolute atomic E-state index is 6.00. The number of rotatable bonds is 3. The van der Waals surface area contributed by atoms with E-state index in [2.05, 4.69) is 9.97 Å². The summed E-state index contributed by atoms with van der Waals surface area (Å²) in [4.78, 5) is 8.86. The Labute approximate surface area is 152 Å². The van der Waals surface area contributed by atoms with Crippen LogP contribution >= 0.6 is 0 Å². The van der Waals surface area contributed by atoms with E-state index in [1.165, 1.54) is 0 Å². The number of nitrogen functional groups attached to an aromatic ring is 1. The highest BCUT2D eigenvalue weighted by molar-refractivity contribution is 5.72. The molecule has 128 valence electrons. The number of anilines is 1. The van der Waals surface area contributed by atoms with Crippen LogP contribution in [-0.2, 0) is 0 Å². The molecule has 0 atom stereocenters. The van der Waals surface area contributed by atoms with E-state index in [4.69, 9.17) is 10.8 Å². The van der Waals surface area contributed by atoms with Crippen molar-refractivity contribution in [3.63, 3.8) is 0 Å². The van der Waals surface area contributed by atoms with Crippen molar-refractivity contribution in [1.82, 2.24) is 19.7 Å². The van der Waals surface area contributed by atoms with E-state index in [1.54, 1.807) is 0 Å². The first-order chi connectivity index (χ1) is 12.6. The summed E-state index contributed by atoms with van der Waals surface area (Å²) in [6.45, 7) is 4.03. The topological polar surface area (TPSA) is 69.6 Å². The first-order valence-corrected chi connectivity index (χ1v) is 8.45. The highest BCUT2D eigenvalue weighted by atomic mass is 15.3. The fraction of sp³-hybridized carbons (Fsp3) is 0.0952. The second-order valence-electron chi connectivity index (χ2n) is 6.16. The summed E-state index contributed by atoms with van der Waals surface area (Å²) >= 11 is 0. The fourth-order valence-corrected chi connectivity index (χ4v) is 3.18. The van der Waals surface area contributed by atoms with Gasteiger partial charge in [-0.2, -0.15) is 5.10 Å². The van der Waals surface area contributed by atoms with Crippen LogP contribution < -0.4 is 5.73 Å². The van der Waals surface area contributed by atoms with E-state index in [9.17, 15) is 0 Å². The van der Waals surface area contributed by atoms with Crippen molar-refractivity contribution < 1.29 is 0 Å². The Balaban J connectivity index is 1.87. The van der Waals surface area contributed by atoms with Crippen LogP contribution in [0.25, 0.3) is 28.2 Å². The zero-order valence-electron chi connectivity index (χ0n) is 14.7. The Kier molecular flexibility index (Phi) is 3.97. The fourth-order valence-electron chi connectivity index (χ4n) is 3.18. The first-order valence-electron chi connectivity index (χ1n) is 8.45. The minimum Gasteiger partial charge on any atom is -0.368 e. The summed E-state index contributed by atoms with van der Waals surface area (Å²) in [6.07, 6.45) is 0. The molecule has 2 aromatic carbocycles. The lowest BCUT2D eigenvalue weighted by Gasteiger charge is -2.08. The minimum atomic E-state index is 0.257. The van der Waals surface area contributed by atoms with Crippen molar-refractivity contribution >= 4 is 5.95 Å². The molecule has 5 heteroatoms. The van der Waals surface area contributed by atoms with Crippen molar-refractivity contribution in [2.45, 2.75) is 13.8 Å².